The second-order valence-electron chi connectivity index (χ2n) is 5.51. The van der Waals surface area contributed by atoms with Gasteiger partial charge >= 0.3 is 0 Å². The van der Waals surface area contributed by atoms with Crippen LogP contribution in [-0.2, 0) is 6.54 Å². The fraction of sp³-hybridized carbons (Fsp3) is 0.571. The molecule has 1 atom stereocenters. The Kier molecular flexibility index (Phi) is 3.62. The van der Waals surface area contributed by atoms with Crippen molar-refractivity contribution >= 4 is 27.4 Å². The summed E-state index contributed by atoms with van der Waals surface area (Å²) in [6.07, 6.45) is 0. The molecular weight excluding hydrogens is 270 g/mol. The van der Waals surface area contributed by atoms with Gasteiger partial charge in [-0.2, -0.15) is 0 Å². The number of nitrogens with one attached hydrogen (secondary N) is 1. The van der Waals surface area contributed by atoms with E-state index in [0.717, 1.165) is 42.2 Å². The minimum atomic E-state index is 0.510. The van der Waals surface area contributed by atoms with Crippen LogP contribution in [0.3, 0.4) is 0 Å². The normalized spacial score (nSPS) is 20.6. The molecule has 0 aliphatic carbocycles. The summed E-state index contributed by atoms with van der Waals surface area (Å²) in [4.78, 5) is 13.9. The summed E-state index contributed by atoms with van der Waals surface area (Å²) >= 11 is 1.71. The lowest BCUT2D eigenvalue weighted by atomic mass is 10.2. The molecule has 1 saturated heterocycles. The number of hydrogen-bond acceptors (Lipinski definition) is 6. The van der Waals surface area contributed by atoms with E-state index in [1.807, 2.05) is 0 Å². The third-order valence-corrected chi connectivity index (χ3v) is 5.19. The van der Waals surface area contributed by atoms with Crippen molar-refractivity contribution in [2.24, 2.45) is 0 Å². The van der Waals surface area contributed by atoms with Gasteiger partial charge in [0, 0.05) is 30.6 Å². The van der Waals surface area contributed by atoms with E-state index < -0.39 is 0 Å². The van der Waals surface area contributed by atoms with Crippen molar-refractivity contribution in [3.63, 3.8) is 0 Å². The summed E-state index contributed by atoms with van der Waals surface area (Å²) in [5.74, 6) is 1.46. The first-order valence-corrected chi connectivity index (χ1v) is 7.84. The number of aryl methyl sites for hydroxylation is 2. The number of piperazine rings is 1. The zero-order chi connectivity index (χ0) is 14.3. The van der Waals surface area contributed by atoms with Crippen molar-refractivity contribution in [2.75, 3.05) is 25.4 Å². The Bertz CT molecular complexity index is 636. The fourth-order valence-electron chi connectivity index (χ4n) is 2.70. The van der Waals surface area contributed by atoms with E-state index in [1.165, 1.54) is 10.4 Å². The molecule has 0 amide bonds. The van der Waals surface area contributed by atoms with Gasteiger partial charge in [0.2, 0.25) is 0 Å². The van der Waals surface area contributed by atoms with E-state index in [4.69, 9.17) is 10.7 Å². The molecule has 2 aromatic heterocycles. The largest absolute Gasteiger partial charge is 0.383 e. The predicted molar refractivity (Wildman–Crippen MR) is 84.0 cm³/mol. The van der Waals surface area contributed by atoms with Crippen LogP contribution in [0.4, 0.5) is 5.82 Å². The summed E-state index contributed by atoms with van der Waals surface area (Å²) in [6, 6.07) is 0.510. The van der Waals surface area contributed by atoms with Crippen LogP contribution in [0.15, 0.2) is 0 Å². The van der Waals surface area contributed by atoms with Crippen LogP contribution >= 0.6 is 11.3 Å². The lowest BCUT2D eigenvalue weighted by Gasteiger charge is -2.33. The molecule has 0 unspecified atom stereocenters. The second kappa shape index (κ2) is 5.27. The monoisotopic (exact) mass is 291 g/mol. The molecule has 3 heterocycles. The highest BCUT2D eigenvalue weighted by atomic mass is 32.1. The smallest absolute Gasteiger partial charge is 0.146 e. The highest BCUT2D eigenvalue weighted by molar-refractivity contribution is 7.18. The van der Waals surface area contributed by atoms with E-state index in [1.54, 1.807) is 11.3 Å². The number of anilines is 1. The number of thiophene rings is 1. The van der Waals surface area contributed by atoms with Crippen molar-refractivity contribution in [3.05, 3.63) is 16.3 Å². The predicted octanol–water partition coefficient (Wildman–Crippen LogP) is 1.68. The summed E-state index contributed by atoms with van der Waals surface area (Å²) < 4.78 is 0. The van der Waals surface area contributed by atoms with Crippen molar-refractivity contribution < 1.29 is 0 Å². The number of hydrogen-bond donors (Lipinski definition) is 2. The maximum Gasteiger partial charge on any atom is 0.146 e. The lowest BCUT2D eigenvalue weighted by molar-refractivity contribution is 0.162. The summed E-state index contributed by atoms with van der Waals surface area (Å²) in [6.45, 7) is 10.3. The summed E-state index contributed by atoms with van der Waals surface area (Å²) in [7, 11) is 0. The lowest BCUT2D eigenvalue weighted by Crippen LogP contribution is -2.49. The van der Waals surface area contributed by atoms with Gasteiger partial charge in [0.15, 0.2) is 0 Å². The molecule has 5 nitrogen and oxygen atoms in total. The molecule has 0 saturated carbocycles. The molecule has 0 radical (unpaired) electrons. The minimum absolute atomic E-state index is 0.510. The molecule has 108 valence electrons. The van der Waals surface area contributed by atoms with Crippen LogP contribution in [0, 0.1) is 13.8 Å². The standard InChI is InChI=1S/C14H21N5S/c1-8-6-16-4-5-19(8)7-11-17-13(15)12-9(2)10(3)20-14(12)18-11/h8,16H,4-7H2,1-3H3,(H2,15,17,18)/t8-/m1/s1. The maximum atomic E-state index is 6.14. The quantitative estimate of drug-likeness (QED) is 0.881. The molecule has 0 bridgehead atoms. The van der Waals surface area contributed by atoms with Crippen molar-refractivity contribution in [1.29, 1.82) is 0 Å². The number of aromatic nitrogens is 2. The highest BCUT2D eigenvalue weighted by Gasteiger charge is 2.20. The van der Waals surface area contributed by atoms with E-state index in [2.05, 4.69) is 36.0 Å². The average Bonchev–Trinajstić information content (AvgIpc) is 2.68. The number of rotatable bonds is 2. The van der Waals surface area contributed by atoms with E-state index in [0.29, 0.717) is 11.9 Å². The summed E-state index contributed by atoms with van der Waals surface area (Å²) in [5, 5.41) is 4.43. The van der Waals surface area contributed by atoms with Gasteiger partial charge in [-0.3, -0.25) is 4.90 Å². The van der Waals surface area contributed by atoms with Gasteiger partial charge in [-0.15, -0.1) is 11.3 Å². The zero-order valence-corrected chi connectivity index (χ0v) is 13.0. The average molecular weight is 291 g/mol. The van der Waals surface area contributed by atoms with Crippen LogP contribution in [0.1, 0.15) is 23.2 Å². The van der Waals surface area contributed by atoms with E-state index in [-0.39, 0.29) is 0 Å². The van der Waals surface area contributed by atoms with Gasteiger partial charge in [-0.25, -0.2) is 9.97 Å². The molecule has 1 fully saturated rings. The number of nitrogen functional groups attached to an aromatic ring is 1. The SMILES string of the molecule is Cc1sc2nc(CN3CCNC[C@H]3C)nc(N)c2c1C. The molecule has 0 aromatic carbocycles. The minimum Gasteiger partial charge on any atom is -0.383 e. The Morgan fingerprint density at radius 2 is 2.20 bits per heavy atom. The third kappa shape index (κ3) is 2.39. The van der Waals surface area contributed by atoms with E-state index >= 15 is 0 Å². The molecule has 1 aliphatic heterocycles. The molecule has 3 rings (SSSR count). The van der Waals surface area contributed by atoms with Crippen molar-refractivity contribution in [2.45, 2.75) is 33.4 Å². The van der Waals surface area contributed by atoms with Gasteiger partial charge in [0.05, 0.1) is 11.9 Å². The van der Waals surface area contributed by atoms with Crippen molar-refractivity contribution in [1.82, 2.24) is 20.2 Å². The van der Waals surface area contributed by atoms with Gasteiger partial charge in [-0.05, 0) is 26.3 Å². The Balaban J connectivity index is 1.92. The Morgan fingerprint density at radius 1 is 1.40 bits per heavy atom. The molecular formula is C14H21N5S. The van der Waals surface area contributed by atoms with Gasteiger partial charge < -0.3 is 11.1 Å². The van der Waals surface area contributed by atoms with Crippen molar-refractivity contribution in [3.8, 4) is 0 Å². The maximum absolute atomic E-state index is 6.14. The number of nitrogens with zero attached hydrogens (tertiary/aromatic N) is 3. The Hall–Kier alpha value is -1.24. The highest BCUT2D eigenvalue weighted by Crippen LogP contribution is 2.32. The van der Waals surface area contributed by atoms with Crippen LogP contribution in [0.25, 0.3) is 10.2 Å². The third-order valence-electron chi connectivity index (χ3n) is 4.09. The molecule has 1 aliphatic rings. The fourth-order valence-corrected chi connectivity index (χ4v) is 3.75. The summed E-state index contributed by atoms with van der Waals surface area (Å²) in [5.41, 5.74) is 7.35. The van der Waals surface area contributed by atoms with Gasteiger partial charge in [0.1, 0.15) is 16.5 Å². The van der Waals surface area contributed by atoms with Crippen LogP contribution < -0.4 is 11.1 Å². The molecule has 2 aromatic rings. The first-order valence-electron chi connectivity index (χ1n) is 7.03. The van der Waals surface area contributed by atoms with Gasteiger partial charge in [0.25, 0.3) is 0 Å². The van der Waals surface area contributed by atoms with Crippen LogP contribution in [-0.4, -0.2) is 40.5 Å². The number of nitrogens with two attached hydrogens (primary N) is 1. The van der Waals surface area contributed by atoms with Crippen LogP contribution in [0.5, 0.6) is 0 Å². The van der Waals surface area contributed by atoms with E-state index in [9.17, 15) is 0 Å². The van der Waals surface area contributed by atoms with Gasteiger partial charge in [-0.1, -0.05) is 0 Å². The first kappa shape index (κ1) is 13.7. The number of fused-ring (bicyclic) bond motifs is 1. The Labute approximate surface area is 123 Å². The molecule has 3 N–H and O–H groups in total. The topological polar surface area (TPSA) is 67.1 Å². The van der Waals surface area contributed by atoms with Crippen LogP contribution in [0.2, 0.25) is 0 Å². The zero-order valence-electron chi connectivity index (χ0n) is 12.2. The molecule has 6 heteroatoms. The molecule has 0 spiro atoms. The molecule has 20 heavy (non-hydrogen) atoms. The second-order valence-corrected chi connectivity index (χ2v) is 6.72. The Morgan fingerprint density at radius 3 is 2.95 bits per heavy atom. The first-order chi connectivity index (χ1) is 9.56.